The fourth-order valence-corrected chi connectivity index (χ4v) is 1.57. The smallest absolute Gasteiger partial charge is 0.249 e. The van der Waals surface area contributed by atoms with E-state index in [1.807, 2.05) is 0 Å². The molecule has 0 aliphatic rings. The van der Waals surface area contributed by atoms with Crippen molar-refractivity contribution in [2.75, 3.05) is 13.2 Å². The number of rotatable bonds is 10. The summed E-state index contributed by atoms with van der Waals surface area (Å²) >= 11 is 0. The van der Waals surface area contributed by atoms with Gasteiger partial charge in [-0.05, 0) is 25.7 Å². The van der Waals surface area contributed by atoms with Crippen molar-refractivity contribution < 1.29 is 9.53 Å². The summed E-state index contributed by atoms with van der Waals surface area (Å²) in [4.78, 5) is 11.9. The van der Waals surface area contributed by atoms with Gasteiger partial charge in [0.1, 0.15) is 6.10 Å². The highest BCUT2D eigenvalue weighted by atomic mass is 35.5. The van der Waals surface area contributed by atoms with Crippen LogP contribution in [0.1, 0.15) is 53.4 Å². The van der Waals surface area contributed by atoms with Gasteiger partial charge in [-0.2, -0.15) is 0 Å². The van der Waals surface area contributed by atoms with Gasteiger partial charge < -0.3 is 15.8 Å². The molecule has 19 heavy (non-hydrogen) atoms. The lowest BCUT2D eigenvalue weighted by atomic mass is 10.1. The van der Waals surface area contributed by atoms with Gasteiger partial charge in [0.15, 0.2) is 0 Å². The molecule has 3 N–H and O–H groups in total. The Morgan fingerprint density at radius 2 is 1.89 bits per heavy atom. The Morgan fingerprint density at radius 1 is 1.26 bits per heavy atom. The van der Waals surface area contributed by atoms with Crippen molar-refractivity contribution in [1.82, 2.24) is 5.32 Å². The van der Waals surface area contributed by atoms with Crippen LogP contribution in [0.25, 0.3) is 0 Å². The van der Waals surface area contributed by atoms with Crippen molar-refractivity contribution in [3.8, 4) is 0 Å². The summed E-state index contributed by atoms with van der Waals surface area (Å²) in [6.07, 6.45) is 3.74. The molecule has 4 nitrogen and oxygen atoms in total. The molecule has 116 valence electrons. The number of carbonyl (C=O) groups is 1. The molecule has 0 fully saturated rings. The van der Waals surface area contributed by atoms with Gasteiger partial charge in [-0.15, -0.1) is 12.4 Å². The van der Waals surface area contributed by atoms with E-state index in [0.717, 1.165) is 25.7 Å². The second-order valence-corrected chi connectivity index (χ2v) is 5.28. The van der Waals surface area contributed by atoms with E-state index in [4.69, 9.17) is 10.5 Å². The zero-order valence-corrected chi connectivity index (χ0v) is 13.6. The minimum atomic E-state index is -0.389. The molecule has 5 heteroatoms. The van der Waals surface area contributed by atoms with Crippen LogP contribution in [0.3, 0.4) is 0 Å². The zero-order chi connectivity index (χ0) is 14.0. The van der Waals surface area contributed by atoms with Crippen LogP contribution in [0.5, 0.6) is 0 Å². The maximum atomic E-state index is 11.9. The highest BCUT2D eigenvalue weighted by Gasteiger charge is 2.16. The Labute approximate surface area is 124 Å². The highest BCUT2D eigenvalue weighted by molar-refractivity contribution is 5.85. The van der Waals surface area contributed by atoms with Crippen LogP contribution in [0.2, 0.25) is 0 Å². The molecule has 0 saturated carbocycles. The lowest BCUT2D eigenvalue weighted by Crippen LogP contribution is -2.45. The van der Waals surface area contributed by atoms with Crippen LogP contribution in [0.4, 0.5) is 0 Å². The van der Waals surface area contributed by atoms with E-state index in [2.05, 4.69) is 26.1 Å². The first-order valence-corrected chi connectivity index (χ1v) is 7.13. The summed E-state index contributed by atoms with van der Waals surface area (Å²) in [5.41, 5.74) is 5.65. The third kappa shape index (κ3) is 11.2. The van der Waals surface area contributed by atoms with Crippen LogP contribution < -0.4 is 11.1 Å². The van der Waals surface area contributed by atoms with Crippen molar-refractivity contribution in [2.24, 2.45) is 11.7 Å². The molecule has 0 aromatic carbocycles. The predicted octanol–water partition coefficient (Wildman–Crippen LogP) is 2.49. The second kappa shape index (κ2) is 12.7. The average Bonchev–Trinajstić information content (AvgIpc) is 2.33. The molecule has 2 atom stereocenters. The van der Waals surface area contributed by atoms with Crippen LogP contribution in [-0.4, -0.2) is 31.2 Å². The van der Waals surface area contributed by atoms with E-state index in [0.29, 0.717) is 19.1 Å². The standard InChI is InChI=1S/C14H30N2O2.ClH/c1-5-6-7-13(10-15)16-14(17)12(4)18-9-8-11(2)3;/h11-13H,5-10,15H2,1-4H3,(H,16,17);1H. The Morgan fingerprint density at radius 3 is 2.37 bits per heavy atom. The third-order valence-electron chi connectivity index (χ3n) is 2.97. The van der Waals surface area contributed by atoms with Crippen LogP contribution in [0, 0.1) is 5.92 Å². The number of nitrogens with one attached hydrogen (secondary N) is 1. The van der Waals surface area contributed by atoms with Gasteiger partial charge >= 0.3 is 0 Å². The van der Waals surface area contributed by atoms with Gasteiger partial charge in [-0.1, -0.05) is 33.6 Å². The SMILES string of the molecule is CCCCC(CN)NC(=O)C(C)OCCC(C)C.Cl. The lowest BCUT2D eigenvalue weighted by Gasteiger charge is -2.20. The fourth-order valence-electron chi connectivity index (χ4n) is 1.57. The molecule has 0 aliphatic heterocycles. The van der Waals surface area contributed by atoms with Crippen molar-refractivity contribution in [2.45, 2.75) is 65.5 Å². The number of hydrogen-bond donors (Lipinski definition) is 2. The third-order valence-corrected chi connectivity index (χ3v) is 2.97. The summed E-state index contributed by atoms with van der Waals surface area (Å²) in [6.45, 7) is 9.33. The monoisotopic (exact) mass is 294 g/mol. The van der Waals surface area contributed by atoms with Crippen LogP contribution >= 0.6 is 12.4 Å². The molecule has 0 spiro atoms. The average molecular weight is 295 g/mol. The maximum absolute atomic E-state index is 11.9. The van der Waals surface area contributed by atoms with Crippen LogP contribution in [-0.2, 0) is 9.53 Å². The highest BCUT2D eigenvalue weighted by Crippen LogP contribution is 2.03. The van der Waals surface area contributed by atoms with E-state index < -0.39 is 0 Å². The minimum Gasteiger partial charge on any atom is -0.369 e. The molecule has 1 amide bonds. The van der Waals surface area contributed by atoms with Crippen molar-refractivity contribution in [1.29, 1.82) is 0 Å². The van der Waals surface area contributed by atoms with Gasteiger partial charge in [-0.3, -0.25) is 4.79 Å². The Kier molecular flexibility index (Phi) is 14.0. The van der Waals surface area contributed by atoms with Gasteiger partial charge in [0, 0.05) is 19.2 Å². The summed E-state index contributed by atoms with van der Waals surface area (Å²) in [7, 11) is 0. The minimum absolute atomic E-state index is 0. The predicted molar refractivity (Wildman–Crippen MR) is 82.6 cm³/mol. The second-order valence-electron chi connectivity index (χ2n) is 5.28. The Hall–Kier alpha value is -0.320. The molecular formula is C14H31ClN2O2. The van der Waals surface area contributed by atoms with Gasteiger partial charge in [0.2, 0.25) is 5.91 Å². The molecule has 0 rings (SSSR count). The van der Waals surface area contributed by atoms with E-state index in [1.54, 1.807) is 6.92 Å². The fraction of sp³-hybridized carbons (Fsp3) is 0.929. The molecule has 0 saturated heterocycles. The number of halogens is 1. The first-order chi connectivity index (χ1) is 8.51. The normalized spacial score (nSPS) is 13.8. The lowest BCUT2D eigenvalue weighted by molar-refractivity contribution is -0.132. The molecule has 0 radical (unpaired) electrons. The molecule has 0 heterocycles. The molecule has 2 unspecified atom stereocenters. The summed E-state index contributed by atoms with van der Waals surface area (Å²) in [5, 5.41) is 2.95. The number of ether oxygens (including phenoxy) is 1. The van der Waals surface area contributed by atoms with E-state index in [-0.39, 0.29) is 30.5 Å². The number of hydrogen-bond acceptors (Lipinski definition) is 3. The number of amides is 1. The first kappa shape index (κ1) is 21.0. The molecule has 0 bridgehead atoms. The number of nitrogens with two attached hydrogens (primary N) is 1. The maximum Gasteiger partial charge on any atom is 0.249 e. The van der Waals surface area contributed by atoms with Gasteiger partial charge in [-0.25, -0.2) is 0 Å². The van der Waals surface area contributed by atoms with Crippen LogP contribution in [0.15, 0.2) is 0 Å². The molecule has 0 aliphatic carbocycles. The topological polar surface area (TPSA) is 64.3 Å². The largest absolute Gasteiger partial charge is 0.369 e. The van der Waals surface area contributed by atoms with E-state index in [9.17, 15) is 4.79 Å². The molecule has 0 aromatic heterocycles. The van der Waals surface area contributed by atoms with Crippen molar-refractivity contribution >= 4 is 18.3 Å². The van der Waals surface area contributed by atoms with E-state index in [1.165, 1.54) is 0 Å². The Bertz CT molecular complexity index is 225. The van der Waals surface area contributed by atoms with E-state index >= 15 is 0 Å². The number of carbonyl (C=O) groups excluding carboxylic acids is 1. The Balaban J connectivity index is 0. The van der Waals surface area contributed by atoms with Crippen molar-refractivity contribution in [3.63, 3.8) is 0 Å². The molecule has 0 aromatic rings. The zero-order valence-electron chi connectivity index (χ0n) is 12.8. The van der Waals surface area contributed by atoms with Crippen molar-refractivity contribution in [3.05, 3.63) is 0 Å². The molecular weight excluding hydrogens is 264 g/mol. The van der Waals surface area contributed by atoms with Gasteiger partial charge in [0.05, 0.1) is 0 Å². The first-order valence-electron chi connectivity index (χ1n) is 7.13. The summed E-state index contributed by atoms with van der Waals surface area (Å²) in [6, 6.07) is 0.0774. The quantitative estimate of drug-likeness (QED) is 0.651. The van der Waals surface area contributed by atoms with Gasteiger partial charge in [0.25, 0.3) is 0 Å². The number of unbranched alkanes of at least 4 members (excludes halogenated alkanes) is 1. The summed E-state index contributed by atoms with van der Waals surface area (Å²) < 4.78 is 5.51. The summed E-state index contributed by atoms with van der Waals surface area (Å²) in [5.74, 6) is 0.548.